The van der Waals surface area contributed by atoms with Crippen LogP contribution in [-0.2, 0) is 35.5 Å². The zero-order valence-corrected chi connectivity index (χ0v) is 35.4. The number of hydrogen-bond donors (Lipinski definition) is 1. The number of benzene rings is 2. The third kappa shape index (κ3) is 9.80. The van der Waals surface area contributed by atoms with Crippen LogP contribution in [0.2, 0.25) is 5.02 Å². The highest BCUT2D eigenvalue weighted by Crippen LogP contribution is 2.47. The van der Waals surface area contributed by atoms with Crippen LogP contribution >= 0.6 is 23.1 Å². The summed E-state index contributed by atoms with van der Waals surface area (Å²) in [4.78, 5) is 22.6. The van der Waals surface area contributed by atoms with Crippen LogP contribution in [0.3, 0.4) is 0 Å². The lowest BCUT2D eigenvalue weighted by Crippen LogP contribution is -2.45. The fourth-order valence-corrected chi connectivity index (χ4v) is 8.73. The van der Waals surface area contributed by atoms with Gasteiger partial charge in [0.15, 0.2) is 0 Å². The fourth-order valence-electron chi connectivity index (χ4n) is 7.81. The molecule has 0 amide bonds. The second-order valence-corrected chi connectivity index (χ2v) is 16.4. The topological polar surface area (TPSA) is 115 Å². The molecule has 60 heavy (non-hydrogen) atoms. The molecular formula is C44H48ClF3N6O5S. The molecule has 5 aromatic rings. The number of pyridine rings is 1. The lowest BCUT2D eigenvalue weighted by atomic mass is 9.84. The third-order valence-electron chi connectivity index (χ3n) is 11.2. The molecule has 1 aliphatic heterocycles. The maximum atomic E-state index is 13.1. The van der Waals surface area contributed by atoms with E-state index in [1.165, 1.54) is 29.5 Å². The largest absolute Gasteiger partial charge is 0.492 e. The number of nitrogens with zero attached hydrogens (tertiary/aromatic N) is 6. The summed E-state index contributed by atoms with van der Waals surface area (Å²) < 4.78 is 63.9. The summed E-state index contributed by atoms with van der Waals surface area (Å²) in [6.07, 6.45) is 2.43. The van der Waals surface area contributed by atoms with Gasteiger partial charge < -0.3 is 24.2 Å². The fraction of sp³-hybridized carbons (Fsp3) is 0.409. The number of alkyl halides is 3. The van der Waals surface area contributed by atoms with E-state index in [1.54, 1.807) is 13.1 Å². The van der Waals surface area contributed by atoms with Crippen LogP contribution in [0.4, 0.5) is 13.2 Å². The number of carboxylic acids is 1. The van der Waals surface area contributed by atoms with Gasteiger partial charge in [-0.15, -0.1) is 0 Å². The summed E-state index contributed by atoms with van der Waals surface area (Å²) in [6, 6.07) is 11.6. The van der Waals surface area contributed by atoms with E-state index in [4.69, 9.17) is 30.8 Å². The number of likely N-dealkylation sites (N-methyl/N-ethyl adjacent to an activating group) is 1. The van der Waals surface area contributed by atoms with Crippen LogP contribution in [0.1, 0.15) is 48.6 Å². The molecule has 1 aliphatic carbocycles. The van der Waals surface area contributed by atoms with E-state index in [1.807, 2.05) is 25.1 Å². The number of rotatable bonds is 16. The molecule has 1 fully saturated rings. The molecule has 1 saturated heterocycles. The Labute approximate surface area is 356 Å². The number of hydrogen-bond acceptors (Lipinski definition) is 10. The number of allylic oxidation sites excluding steroid dienone is 2. The minimum atomic E-state index is -4.46. The highest BCUT2D eigenvalue weighted by Gasteiger charge is 2.31. The Morgan fingerprint density at radius 3 is 2.63 bits per heavy atom. The average Bonchev–Trinajstić information content (AvgIpc) is 3.85. The molecule has 3 aromatic heterocycles. The lowest BCUT2D eigenvalue weighted by molar-refractivity contribution is -0.145. The van der Waals surface area contributed by atoms with Crippen molar-refractivity contribution in [1.29, 1.82) is 0 Å². The smallest absolute Gasteiger partial charge is 0.408 e. The maximum Gasteiger partial charge on any atom is 0.408 e. The minimum Gasteiger partial charge on any atom is -0.492 e. The molecule has 0 bridgehead atoms. The van der Waals surface area contributed by atoms with E-state index in [-0.39, 0.29) is 30.4 Å². The molecule has 1 atom stereocenters. The first-order chi connectivity index (χ1) is 28.8. The number of halogens is 4. The Morgan fingerprint density at radius 2 is 1.88 bits per heavy atom. The summed E-state index contributed by atoms with van der Waals surface area (Å²) >= 11 is 8.27. The third-order valence-corrected chi connectivity index (χ3v) is 12.5. The highest BCUT2D eigenvalue weighted by atomic mass is 35.5. The Balaban J connectivity index is 1.23. The second-order valence-electron chi connectivity index (χ2n) is 15.2. The van der Waals surface area contributed by atoms with E-state index < -0.39 is 24.8 Å². The van der Waals surface area contributed by atoms with Gasteiger partial charge in [-0.1, -0.05) is 48.5 Å². The number of carbonyl (C=O) groups is 1. The van der Waals surface area contributed by atoms with Gasteiger partial charge in [-0.3, -0.25) is 14.6 Å². The average molecular weight is 865 g/mol. The summed E-state index contributed by atoms with van der Waals surface area (Å²) in [5.41, 5.74) is 7.08. The molecule has 0 spiro atoms. The first-order valence-electron chi connectivity index (χ1n) is 20.0. The molecule has 1 N–H and O–H groups in total. The van der Waals surface area contributed by atoms with Crippen LogP contribution < -0.4 is 9.47 Å². The van der Waals surface area contributed by atoms with Gasteiger partial charge in [0.05, 0.1) is 32.3 Å². The predicted octanol–water partition coefficient (Wildman–Crippen LogP) is 9.15. The van der Waals surface area contributed by atoms with Crippen molar-refractivity contribution in [2.24, 2.45) is 0 Å². The van der Waals surface area contributed by atoms with Crippen LogP contribution in [0.15, 0.2) is 72.8 Å². The zero-order valence-electron chi connectivity index (χ0n) is 33.9. The molecule has 318 valence electrons. The molecule has 0 radical (unpaired) electrons. The van der Waals surface area contributed by atoms with Crippen molar-refractivity contribution in [3.63, 3.8) is 0 Å². The number of piperazine rings is 1. The monoisotopic (exact) mass is 864 g/mol. The van der Waals surface area contributed by atoms with Crippen molar-refractivity contribution in [2.45, 2.75) is 71.4 Å². The van der Waals surface area contributed by atoms with Crippen LogP contribution in [0, 0.1) is 6.92 Å². The molecule has 16 heteroatoms. The van der Waals surface area contributed by atoms with Gasteiger partial charge in [0, 0.05) is 62.7 Å². The van der Waals surface area contributed by atoms with E-state index >= 15 is 0 Å². The number of ether oxygens (including phenoxy) is 3. The SMILES string of the molecule is C=C/C(C[C@@H](Oc1nsc2cnc(-c3cccc4c3CCCC4)c(-c3ccc(OCCN4CCN(C)CC4)c(Cl)c3C)c12)C(=O)O)=C(\C)OCc1ccnn1CC(F)(F)F. The Hall–Kier alpha value is -4.96. The van der Waals surface area contributed by atoms with Gasteiger partial charge in [-0.2, -0.15) is 22.6 Å². The molecule has 11 nitrogen and oxygen atoms in total. The van der Waals surface area contributed by atoms with E-state index in [0.29, 0.717) is 38.7 Å². The zero-order chi connectivity index (χ0) is 42.6. The summed E-state index contributed by atoms with van der Waals surface area (Å²) in [7, 11) is 2.13. The molecule has 2 aromatic carbocycles. The molecule has 4 heterocycles. The Bertz CT molecular complexity index is 2390. The van der Waals surface area contributed by atoms with Crippen LogP contribution in [-0.4, -0.2) is 98.7 Å². The Kier molecular flexibility index (Phi) is 13.5. The van der Waals surface area contributed by atoms with Crippen molar-refractivity contribution in [3.8, 4) is 34.0 Å². The molecule has 0 unspecified atom stereocenters. The van der Waals surface area contributed by atoms with Gasteiger partial charge in [0.1, 0.15) is 25.5 Å². The first kappa shape index (κ1) is 43.1. The quantitative estimate of drug-likeness (QED) is 0.0761. The Morgan fingerprint density at radius 1 is 1.10 bits per heavy atom. The van der Waals surface area contributed by atoms with E-state index in [0.717, 1.165) is 96.9 Å². The number of fused-ring (bicyclic) bond motifs is 2. The van der Waals surface area contributed by atoms with Gasteiger partial charge in [-0.05, 0) is 98.1 Å². The van der Waals surface area contributed by atoms with E-state index in [2.05, 4.69) is 45.0 Å². The van der Waals surface area contributed by atoms with Crippen molar-refractivity contribution in [1.82, 2.24) is 28.9 Å². The summed E-state index contributed by atoms with van der Waals surface area (Å²) in [6.45, 7) is 11.2. The minimum absolute atomic E-state index is 0.118. The van der Waals surface area contributed by atoms with Crippen molar-refractivity contribution < 1.29 is 37.3 Å². The van der Waals surface area contributed by atoms with Crippen molar-refractivity contribution in [3.05, 3.63) is 100 Å². The van der Waals surface area contributed by atoms with Gasteiger partial charge in [0.2, 0.25) is 12.0 Å². The molecule has 7 rings (SSSR count). The molecule has 0 saturated carbocycles. The second kappa shape index (κ2) is 18.8. The summed E-state index contributed by atoms with van der Waals surface area (Å²) in [5.74, 6) is -0.286. The van der Waals surface area contributed by atoms with Gasteiger partial charge in [-0.25, -0.2) is 4.79 Å². The first-order valence-corrected chi connectivity index (χ1v) is 21.1. The van der Waals surface area contributed by atoms with Crippen molar-refractivity contribution >= 4 is 39.2 Å². The van der Waals surface area contributed by atoms with Crippen LogP contribution in [0.25, 0.3) is 32.5 Å². The van der Waals surface area contributed by atoms with E-state index in [9.17, 15) is 23.1 Å². The van der Waals surface area contributed by atoms with Gasteiger partial charge in [0.25, 0.3) is 0 Å². The standard InChI is InChI=1S/C44H48ClF3N6O5S/c1-5-29(28(3)58-25-31-15-16-50-54(31)26-44(46,47)48)23-36(43(55)56)59-42-39-37(60-51-42)24-49-41(34-12-8-10-30-9-6-7-11-33(30)34)38(39)32-13-14-35(40(45)27(32)2)57-22-21-53-19-17-52(4)18-20-53/h5,8,10,12-16,24,36H,1,6-7,9,11,17-23,25-26H2,2-4H3,(H,55,56)/b29-28-/t36-/m1/s1. The van der Waals surface area contributed by atoms with Crippen molar-refractivity contribution in [2.75, 3.05) is 46.4 Å². The molecular weight excluding hydrogens is 817 g/mol. The number of carboxylic acid groups (broad SMARTS) is 1. The number of aryl methyl sites for hydroxylation is 1. The molecule has 2 aliphatic rings. The van der Waals surface area contributed by atoms with Gasteiger partial charge >= 0.3 is 12.1 Å². The summed E-state index contributed by atoms with van der Waals surface area (Å²) in [5, 5.41) is 15.3. The van der Waals surface area contributed by atoms with Crippen LogP contribution in [0.5, 0.6) is 11.6 Å². The maximum absolute atomic E-state index is 13.1. The number of aliphatic carboxylic acids is 1. The number of aromatic nitrogens is 4. The predicted molar refractivity (Wildman–Crippen MR) is 227 cm³/mol. The normalized spacial score (nSPS) is 16.0. The lowest BCUT2D eigenvalue weighted by Gasteiger charge is -2.32. The highest BCUT2D eigenvalue weighted by molar-refractivity contribution is 7.13.